The molecule has 1 rings (SSSR count). The molecule has 2 N–H and O–H groups in total. The first-order valence-electron chi connectivity index (χ1n) is 5.02. The molecule has 3 amide bonds. The minimum atomic E-state index is -1.63. The van der Waals surface area contributed by atoms with Crippen LogP contribution in [0.15, 0.2) is 0 Å². The molecule has 1 fully saturated rings. The van der Waals surface area contributed by atoms with Crippen LogP contribution in [0.4, 0.5) is 0 Å². The summed E-state index contributed by atoms with van der Waals surface area (Å²) in [6.45, 7) is 2.46. The highest BCUT2D eigenvalue weighted by Gasteiger charge is 2.42. The second-order valence-electron chi connectivity index (χ2n) is 4.45. The zero-order valence-corrected chi connectivity index (χ0v) is 9.81. The van der Waals surface area contributed by atoms with E-state index in [4.69, 9.17) is 5.11 Å². The first-order valence-corrected chi connectivity index (χ1v) is 5.02. The van der Waals surface area contributed by atoms with E-state index in [1.807, 2.05) is 0 Å². The van der Waals surface area contributed by atoms with Gasteiger partial charge in [-0.2, -0.15) is 0 Å². The molecule has 0 saturated carbocycles. The fourth-order valence-corrected chi connectivity index (χ4v) is 1.30. The van der Waals surface area contributed by atoms with Crippen LogP contribution >= 0.6 is 0 Å². The van der Waals surface area contributed by atoms with Crippen molar-refractivity contribution in [2.45, 2.75) is 26.3 Å². The number of carbonyl (C=O) groups is 4. The van der Waals surface area contributed by atoms with Gasteiger partial charge in [0.2, 0.25) is 11.8 Å². The van der Waals surface area contributed by atoms with Gasteiger partial charge >= 0.3 is 5.97 Å². The number of hydrogen-bond donors (Lipinski definition) is 2. The molecule has 0 aromatic carbocycles. The number of likely N-dealkylation sites (tertiary alicyclic amines) is 1. The van der Waals surface area contributed by atoms with Crippen LogP contribution < -0.4 is 5.32 Å². The maximum Gasteiger partial charge on any atom is 0.318 e. The number of nitrogens with one attached hydrogen (secondary N) is 1. The van der Waals surface area contributed by atoms with E-state index in [2.05, 4.69) is 5.32 Å². The zero-order chi connectivity index (χ0) is 13.4. The summed E-state index contributed by atoms with van der Waals surface area (Å²) < 4.78 is 0. The summed E-state index contributed by atoms with van der Waals surface area (Å²) in [5.41, 5.74) is -1.63. The van der Waals surface area contributed by atoms with Gasteiger partial charge < -0.3 is 10.4 Å². The zero-order valence-electron chi connectivity index (χ0n) is 9.81. The average Bonchev–Trinajstić information content (AvgIpc) is 2.46. The minimum Gasteiger partial charge on any atom is -0.480 e. The van der Waals surface area contributed by atoms with Gasteiger partial charge in [0, 0.05) is 7.05 Å². The van der Waals surface area contributed by atoms with Crippen molar-refractivity contribution in [3.05, 3.63) is 0 Å². The van der Waals surface area contributed by atoms with Crippen molar-refractivity contribution in [3.8, 4) is 0 Å². The molecular formula is C10H14N2O5. The van der Waals surface area contributed by atoms with Gasteiger partial charge in [-0.15, -0.1) is 0 Å². The van der Waals surface area contributed by atoms with E-state index in [9.17, 15) is 19.2 Å². The topological polar surface area (TPSA) is 104 Å². The Kier molecular flexibility index (Phi) is 3.21. The second-order valence-corrected chi connectivity index (χ2v) is 4.45. The number of imide groups is 1. The van der Waals surface area contributed by atoms with Gasteiger partial charge in [-0.05, 0) is 13.8 Å². The predicted octanol–water partition coefficient (Wildman–Crippen LogP) is -1.03. The lowest BCUT2D eigenvalue weighted by Gasteiger charge is -2.20. The Hall–Kier alpha value is -1.92. The van der Waals surface area contributed by atoms with Crippen molar-refractivity contribution in [1.82, 2.24) is 10.2 Å². The van der Waals surface area contributed by atoms with E-state index < -0.39 is 35.1 Å². The molecule has 0 aromatic heterocycles. The fraction of sp³-hybridized carbons (Fsp3) is 0.600. The molecule has 1 heterocycles. The van der Waals surface area contributed by atoms with Crippen LogP contribution in [0.1, 0.15) is 20.3 Å². The molecule has 17 heavy (non-hydrogen) atoms. The van der Waals surface area contributed by atoms with Crippen molar-refractivity contribution in [3.63, 3.8) is 0 Å². The molecule has 0 spiro atoms. The molecule has 1 aliphatic rings. The Morgan fingerprint density at radius 1 is 1.41 bits per heavy atom. The van der Waals surface area contributed by atoms with Crippen molar-refractivity contribution >= 4 is 23.7 Å². The average molecular weight is 242 g/mol. The van der Waals surface area contributed by atoms with Gasteiger partial charge in [-0.1, -0.05) is 0 Å². The van der Waals surface area contributed by atoms with Crippen LogP contribution in [0.3, 0.4) is 0 Å². The first kappa shape index (κ1) is 13.1. The van der Waals surface area contributed by atoms with Crippen molar-refractivity contribution in [1.29, 1.82) is 0 Å². The Bertz CT molecular complexity index is 402. The van der Waals surface area contributed by atoms with E-state index >= 15 is 0 Å². The normalized spacial score (nSPS) is 20.6. The molecule has 1 atom stereocenters. The van der Waals surface area contributed by atoms with Crippen LogP contribution in [-0.4, -0.2) is 46.8 Å². The maximum atomic E-state index is 11.6. The molecule has 1 aliphatic heterocycles. The van der Waals surface area contributed by atoms with Crippen LogP contribution in [0.5, 0.6) is 0 Å². The standard InChI is InChI=1S/C10H14N2O5/c1-10(2,9(16)17)8(15)11-5-4-6(13)12(3)7(5)14/h5H,4H2,1-3H3,(H,11,15)(H,16,17). The lowest BCUT2D eigenvalue weighted by Crippen LogP contribution is -2.49. The smallest absolute Gasteiger partial charge is 0.318 e. The van der Waals surface area contributed by atoms with Crippen LogP contribution in [0.2, 0.25) is 0 Å². The van der Waals surface area contributed by atoms with E-state index in [1.165, 1.54) is 20.9 Å². The summed E-state index contributed by atoms with van der Waals surface area (Å²) in [4.78, 5) is 46.1. The predicted molar refractivity (Wildman–Crippen MR) is 55.7 cm³/mol. The number of nitrogens with zero attached hydrogens (tertiary/aromatic N) is 1. The number of carboxylic acids is 1. The highest BCUT2D eigenvalue weighted by atomic mass is 16.4. The summed E-state index contributed by atoms with van der Waals surface area (Å²) in [5.74, 6) is -3.00. The van der Waals surface area contributed by atoms with Gasteiger partial charge in [0.25, 0.3) is 5.91 Å². The van der Waals surface area contributed by atoms with E-state index in [0.717, 1.165) is 4.90 Å². The second kappa shape index (κ2) is 4.15. The molecule has 7 nitrogen and oxygen atoms in total. The molecule has 7 heteroatoms. The number of rotatable bonds is 3. The number of amides is 3. The molecular weight excluding hydrogens is 228 g/mol. The van der Waals surface area contributed by atoms with E-state index in [-0.39, 0.29) is 6.42 Å². The number of hydrogen-bond acceptors (Lipinski definition) is 4. The summed E-state index contributed by atoms with van der Waals surface area (Å²) in [7, 11) is 1.32. The Morgan fingerprint density at radius 2 is 1.94 bits per heavy atom. The molecule has 0 bridgehead atoms. The van der Waals surface area contributed by atoms with Crippen molar-refractivity contribution in [2.75, 3.05) is 7.05 Å². The molecule has 1 saturated heterocycles. The van der Waals surface area contributed by atoms with Gasteiger partial charge in [-0.25, -0.2) is 0 Å². The summed E-state index contributed by atoms with van der Waals surface area (Å²) in [6.07, 6.45) is -0.128. The molecule has 0 aromatic rings. The molecule has 94 valence electrons. The highest BCUT2D eigenvalue weighted by molar-refractivity contribution is 6.08. The van der Waals surface area contributed by atoms with Gasteiger partial charge in [0.05, 0.1) is 6.42 Å². The van der Waals surface area contributed by atoms with Crippen LogP contribution in [0.25, 0.3) is 0 Å². The molecule has 1 unspecified atom stereocenters. The largest absolute Gasteiger partial charge is 0.480 e. The quantitative estimate of drug-likeness (QED) is 0.486. The summed E-state index contributed by atoms with van der Waals surface area (Å²) in [5, 5.41) is 11.1. The molecule has 0 aliphatic carbocycles. The van der Waals surface area contributed by atoms with Crippen LogP contribution in [0, 0.1) is 5.41 Å². The lowest BCUT2D eigenvalue weighted by molar-refractivity contribution is -0.154. The third-order valence-electron chi connectivity index (χ3n) is 2.79. The third-order valence-corrected chi connectivity index (χ3v) is 2.79. The number of likely N-dealkylation sites (N-methyl/N-ethyl adjacent to an activating group) is 1. The summed E-state index contributed by atoms with van der Waals surface area (Å²) in [6, 6.07) is -0.960. The third kappa shape index (κ3) is 2.27. The first-order chi connectivity index (χ1) is 7.67. The monoisotopic (exact) mass is 242 g/mol. The Balaban J connectivity index is 2.75. The number of aliphatic carboxylic acids is 1. The highest BCUT2D eigenvalue weighted by Crippen LogP contribution is 2.18. The van der Waals surface area contributed by atoms with Gasteiger partial charge in [0.15, 0.2) is 0 Å². The van der Waals surface area contributed by atoms with Gasteiger partial charge in [0.1, 0.15) is 11.5 Å². The lowest BCUT2D eigenvalue weighted by atomic mass is 9.92. The maximum absolute atomic E-state index is 11.6. The number of carbonyl (C=O) groups excluding carboxylic acids is 3. The summed E-state index contributed by atoms with van der Waals surface area (Å²) >= 11 is 0. The molecule has 0 radical (unpaired) electrons. The van der Waals surface area contributed by atoms with Gasteiger partial charge in [-0.3, -0.25) is 24.1 Å². The van der Waals surface area contributed by atoms with Crippen molar-refractivity contribution < 1.29 is 24.3 Å². The van der Waals surface area contributed by atoms with Crippen molar-refractivity contribution in [2.24, 2.45) is 5.41 Å². The Morgan fingerprint density at radius 3 is 2.29 bits per heavy atom. The number of carboxylic acid groups (broad SMARTS) is 1. The van der Waals surface area contributed by atoms with E-state index in [0.29, 0.717) is 0 Å². The minimum absolute atomic E-state index is 0.128. The van der Waals surface area contributed by atoms with E-state index in [1.54, 1.807) is 0 Å². The van der Waals surface area contributed by atoms with Crippen LogP contribution in [-0.2, 0) is 19.2 Å². The fourth-order valence-electron chi connectivity index (χ4n) is 1.30. The Labute approximate surface area is 97.8 Å². The SMILES string of the molecule is CN1C(=O)CC(NC(=O)C(C)(C)C(=O)O)C1=O.